The summed E-state index contributed by atoms with van der Waals surface area (Å²) in [4.78, 5) is 22.2. The summed E-state index contributed by atoms with van der Waals surface area (Å²) in [5.41, 5.74) is 11.3. The number of nitrogens with one attached hydrogen (secondary N) is 1. The molecule has 1 aromatic rings. The first-order valence-electron chi connectivity index (χ1n) is 4.96. The highest BCUT2D eigenvalue weighted by Crippen LogP contribution is 2.13. The fraction of sp³-hybridized carbons (Fsp3) is 0.273. The zero-order chi connectivity index (χ0) is 12.0. The Morgan fingerprint density at radius 3 is 2.38 bits per heavy atom. The van der Waals surface area contributed by atoms with E-state index in [4.69, 9.17) is 11.5 Å². The van der Waals surface area contributed by atoms with Gasteiger partial charge in [-0.25, -0.2) is 0 Å². The molecule has 0 bridgehead atoms. The minimum Gasteiger partial charge on any atom is -0.368 e. The van der Waals surface area contributed by atoms with Gasteiger partial charge >= 0.3 is 0 Å². The van der Waals surface area contributed by atoms with Crippen LogP contribution < -0.4 is 16.8 Å². The number of nitrogens with two attached hydrogens (primary N) is 2. The van der Waals surface area contributed by atoms with Gasteiger partial charge in [-0.15, -0.1) is 0 Å². The Morgan fingerprint density at radius 1 is 1.25 bits per heavy atom. The molecule has 1 atom stereocenters. The molecule has 16 heavy (non-hydrogen) atoms. The number of hydrogen-bond donors (Lipinski definition) is 3. The zero-order valence-corrected chi connectivity index (χ0v) is 8.85. The number of hydrogen-bond acceptors (Lipinski definition) is 3. The van der Waals surface area contributed by atoms with Crippen molar-refractivity contribution in [2.24, 2.45) is 11.5 Å². The molecule has 0 saturated carbocycles. The third kappa shape index (κ3) is 3.36. The van der Waals surface area contributed by atoms with Crippen molar-refractivity contribution >= 4 is 11.8 Å². The van der Waals surface area contributed by atoms with Crippen molar-refractivity contribution in [3.05, 3.63) is 35.9 Å². The van der Waals surface area contributed by atoms with E-state index in [1.165, 1.54) is 0 Å². The van der Waals surface area contributed by atoms with E-state index in [1.807, 2.05) is 30.3 Å². The van der Waals surface area contributed by atoms with Gasteiger partial charge in [0.1, 0.15) is 0 Å². The maximum absolute atomic E-state index is 11.7. The summed E-state index contributed by atoms with van der Waals surface area (Å²) in [5, 5.41) is 2.44. The van der Waals surface area contributed by atoms with Gasteiger partial charge in [-0.05, 0) is 5.56 Å². The topological polar surface area (TPSA) is 98.2 Å². The van der Waals surface area contributed by atoms with Crippen molar-refractivity contribution < 1.29 is 9.59 Å². The molecule has 0 aliphatic rings. The third-order valence-corrected chi connectivity index (χ3v) is 2.19. The minimum atomic E-state index is -0.572. The van der Waals surface area contributed by atoms with Crippen LogP contribution >= 0.6 is 0 Å². The van der Waals surface area contributed by atoms with Gasteiger partial charge in [0.25, 0.3) is 0 Å². The molecule has 5 N–H and O–H groups in total. The van der Waals surface area contributed by atoms with Crippen LogP contribution in [-0.4, -0.2) is 24.9 Å². The van der Waals surface area contributed by atoms with E-state index in [0.29, 0.717) is 0 Å². The molecule has 0 spiro atoms. The van der Waals surface area contributed by atoms with Crippen LogP contribution in [0.25, 0.3) is 0 Å². The normalized spacial score (nSPS) is 11.8. The maximum Gasteiger partial charge on any atom is 0.236 e. The average Bonchev–Trinajstić information content (AvgIpc) is 2.29. The SMILES string of the molecule is NCC(C(=O)NCC(N)=O)c1ccccc1. The average molecular weight is 221 g/mol. The largest absolute Gasteiger partial charge is 0.368 e. The molecule has 0 saturated heterocycles. The molecule has 5 heteroatoms. The Hall–Kier alpha value is -1.88. The molecule has 1 aromatic carbocycles. The fourth-order valence-electron chi connectivity index (χ4n) is 1.38. The fourth-order valence-corrected chi connectivity index (χ4v) is 1.38. The second-order valence-electron chi connectivity index (χ2n) is 3.38. The predicted molar refractivity (Wildman–Crippen MR) is 60.4 cm³/mol. The van der Waals surface area contributed by atoms with Crippen LogP contribution in [0.1, 0.15) is 11.5 Å². The number of amides is 2. The Bertz CT molecular complexity index is 365. The van der Waals surface area contributed by atoms with E-state index in [9.17, 15) is 9.59 Å². The van der Waals surface area contributed by atoms with E-state index < -0.39 is 11.8 Å². The van der Waals surface area contributed by atoms with Crippen molar-refractivity contribution in [1.29, 1.82) is 0 Å². The first-order chi connectivity index (χ1) is 7.65. The molecule has 2 amide bonds. The summed E-state index contributed by atoms with van der Waals surface area (Å²) >= 11 is 0. The Kier molecular flexibility index (Phi) is 4.47. The number of carbonyl (C=O) groups is 2. The van der Waals surface area contributed by atoms with Gasteiger partial charge in [-0.3, -0.25) is 9.59 Å². The van der Waals surface area contributed by atoms with E-state index in [0.717, 1.165) is 5.56 Å². The van der Waals surface area contributed by atoms with Crippen LogP contribution in [0.5, 0.6) is 0 Å². The van der Waals surface area contributed by atoms with Gasteiger partial charge in [-0.1, -0.05) is 30.3 Å². The molecular formula is C11H15N3O2. The molecule has 1 rings (SSSR count). The summed E-state index contributed by atoms with van der Waals surface area (Å²) < 4.78 is 0. The van der Waals surface area contributed by atoms with Gasteiger partial charge in [0.15, 0.2) is 0 Å². The number of primary amides is 1. The molecule has 1 unspecified atom stereocenters. The van der Waals surface area contributed by atoms with Crippen molar-refractivity contribution in [2.45, 2.75) is 5.92 Å². The van der Waals surface area contributed by atoms with E-state index in [2.05, 4.69) is 5.32 Å². The quantitative estimate of drug-likeness (QED) is 0.615. The highest BCUT2D eigenvalue weighted by atomic mass is 16.2. The lowest BCUT2D eigenvalue weighted by Crippen LogP contribution is -2.38. The van der Waals surface area contributed by atoms with E-state index in [1.54, 1.807) is 0 Å². The van der Waals surface area contributed by atoms with Crippen LogP contribution in [0.2, 0.25) is 0 Å². The molecular weight excluding hydrogens is 206 g/mol. The van der Waals surface area contributed by atoms with Crippen LogP contribution in [-0.2, 0) is 9.59 Å². The number of rotatable bonds is 5. The smallest absolute Gasteiger partial charge is 0.236 e. The summed E-state index contributed by atoms with van der Waals surface area (Å²) in [5.74, 6) is -1.30. The van der Waals surface area contributed by atoms with Crippen LogP contribution in [0.4, 0.5) is 0 Å². The minimum absolute atomic E-state index is 0.165. The van der Waals surface area contributed by atoms with Crippen molar-refractivity contribution in [2.75, 3.05) is 13.1 Å². The summed E-state index contributed by atoms with van der Waals surface area (Å²) in [7, 11) is 0. The second-order valence-corrected chi connectivity index (χ2v) is 3.38. The van der Waals surface area contributed by atoms with E-state index in [-0.39, 0.29) is 19.0 Å². The van der Waals surface area contributed by atoms with Gasteiger partial charge in [-0.2, -0.15) is 0 Å². The molecule has 0 fully saturated rings. The highest BCUT2D eigenvalue weighted by Gasteiger charge is 2.18. The van der Waals surface area contributed by atoms with Crippen LogP contribution in [0.3, 0.4) is 0 Å². The maximum atomic E-state index is 11.7. The second kappa shape index (κ2) is 5.87. The molecule has 0 aliphatic heterocycles. The van der Waals surface area contributed by atoms with Crippen molar-refractivity contribution in [3.8, 4) is 0 Å². The third-order valence-electron chi connectivity index (χ3n) is 2.19. The first-order valence-corrected chi connectivity index (χ1v) is 4.96. The Balaban J connectivity index is 2.68. The number of carbonyl (C=O) groups excluding carboxylic acids is 2. The molecule has 0 heterocycles. The molecule has 0 aromatic heterocycles. The predicted octanol–water partition coefficient (Wildman–Crippen LogP) is -0.670. The van der Waals surface area contributed by atoms with Gasteiger partial charge in [0, 0.05) is 6.54 Å². The monoisotopic (exact) mass is 221 g/mol. The summed E-state index contributed by atoms with van der Waals surface area (Å²) in [6, 6.07) is 9.17. The molecule has 0 radical (unpaired) electrons. The zero-order valence-electron chi connectivity index (χ0n) is 8.85. The van der Waals surface area contributed by atoms with Crippen molar-refractivity contribution in [1.82, 2.24) is 5.32 Å². The lowest BCUT2D eigenvalue weighted by molar-refractivity contribution is -0.125. The lowest BCUT2D eigenvalue weighted by Gasteiger charge is -2.14. The highest BCUT2D eigenvalue weighted by molar-refractivity contribution is 5.88. The van der Waals surface area contributed by atoms with Gasteiger partial charge in [0.2, 0.25) is 11.8 Å². The van der Waals surface area contributed by atoms with E-state index >= 15 is 0 Å². The van der Waals surface area contributed by atoms with Crippen LogP contribution in [0, 0.1) is 0 Å². The van der Waals surface area contributed by atoms with Gasteiger partial charge < -0.3 is 16.8 Å². The van der Waals surface area contributed by atoms with Gasteiger partial charge in [0.05, 0.1) is 12.5 Å². The lowest BCUT2D eigenvalue weighted by atomic mass is 9.98. The Morgan fingerprint density at radius 2 is 1.88 bits per heavy atom. The first kappa shape index (κ1) is 12.2. The standard InChI is InChI=1S/C11H15N3O2/c12-6-9(8-4-2-1-3-5-8)11(16)14-7-10(13)15/h1-5,9H,6-7,12H2,(H2,13,15)(H,14,16). The molecule has 0 aliphatic carbocycles. The summed E-state index contributed by atoms with van der Waals surface area (Å²) in [6.45, 7) is 0.0246. The van der Waals surface area contributed by atoms with Crippen molar-refractivity contribution in [3.63, 3.8) is 0 Å². The Labute approximate surface area is 93.8 Å². The number of benzene rings is 1. The van der Waals surface area contributed by atoms with Crippen LogP contribution in [0.15, 0.2) is 30.3 Å². The molecule has 5 nitrogen and oxygen atoms in total. The molecule has 86 valence electrons. The summed E-state index contributed by atoms with van der Waals surface area (Å²) in [6.07, 6.45) is 0.